The Kier molecular flexibility index (Phi) is 10.6. The fourth-order valence-electron chi connectivity index (χ4n) is 7.32. The van der Waals surface area contributed by atoms with Crippen LogP contribution in [0.3, 0.4) is 0 Å². The number of hydrogen-bond donors (Lipinski definition) is 1. The Morgan fingerprint density at radius 1 is 1.02 bits per heavy atom. The molecule has 4 heterocycles. The Bertz CT molecular complexity index is 1550. The molecule has 3 aromatic rings. The summed E-state index contributed by atoms with van der Waals surface area (Å²) in [5, 5.41) is 9.26. The smallest absolute Gasteiger partial charge is 0.410 e. The van der Waals surface area contributed by atoms with E-state index in [0.29, 0.717) is 68.9 Å². The molecule has 11 heteroatoms. The van der Waals surface area contributed by atoms with E-state index >= 15 is 0 Å². The summed E-state index contributed by atoms with van der Waals surface area (Å²) in [4.78, 5) is 44.7. The molecule has 11 nitrogen and oxygen atoms in total. The van der Waals surface area contributed by atoms with Crippen LogP contribution in [0.4, 0.5) is 10.6 Å². The molecule has 48 heavy (non-hydrogen) atoms. The monoisotopic (exact) mass is 659 g/mol. The second-order valence-electron chi connectivity index (χ2n) is 14.1. The number of amides is 2. The number of aliphatic hydroxyl groups excluding tert-OH is 1. The normalized spacial score (nSPS) is 23.1. The highest BCUT2D eigenvalue weighted by Crippen LogP contribution is 2.38. The van der Waals surface area contributed by atoms with Crippen LogP contribution in [0.5, 0.6) is 5.75 Å². The number of methoxy groups -OCH3 is 1. The van der Waals surface area contributed by atoms with Crippen molar-refractivity contribution in [1.82, 2.24) is 19.9 Å². The van der Waals surface area contributed by atoms with Gasteiger partial charge in [0, 0.05) is 67.4 Å². The lowest BCUT2D eigenvalue weighted by Crippen LogP contribution is -2.52. The molecule has 0 radical (unpaired) electrons. The lowest BCUT2D eigenvalue weighted by molar-refractivity contribution is -0.124. The maximum Gasteiger partial charge on any atom is 0.410 e. The zero-order valence-corrected chi connectivity index (χ0v) is 28.6. The number of hydrogen-bond acceptors (Lipinski definition) is 9. The summed E-state index contributed by atoms with van der Waals surface area (Å²) < 4.78 is 16.9. The molecule has 1 aliphatic heterocycles. The number of pyridine rings is 2. The lowest BCUT2D eigenvalue weighted by Gasteiger charge is -2.39. The molecule has 0 aromatic carbocycles. The SMILES string of the molecule is COc1ccc([C@H]2CC[C@H](CN(c3cc(-c4coc(C(C)C)n4)ccn3)C(=O)[C@H]3CC[C@H](OC(=O)N4CC(CO)C4)CC3)CC2)nc1C. The van der Waals surface area contributed by atoms with Gasteiger partial charge >= 0.3 is 6.09 Å². The third kappa shape index (κ3) is 7.66. The summed E-state index contributed by atoms with van der Waals surface area (Å²) >= 11 is 0. The van der Waals surface area contributed by atoms with E-state index in [1.165, 1.54) is 0 Å². The maximum absolute atomic E-state index is 14.3. The highest BCUT2D eigenvalue weighted by molar-refractivity contribution is 5.94. The molecule has 1 saturated heterocycles. The zero-order valence-electron chi connectivity index (χ0n) is 28.6. The molecule has 258 valence electrons. The summed E-state index contributed by atoms with van der Waals surface area (Å²) in [7, 11) is 1.67. The summed E-state index contributed by atoms with van der Waals surface area (Å²) in [5.41, 5.74) is 3.62. The van der Waals surface area contributed by atoms with Gasteiger partial charge in [-0.3, -0.25) is 14.7 Å². The molecule has 0 atom stereocenters. The van der Waals surface area contributed by atoms with Gasteiger partial charge in [-0.25, -0.2) is 14.8 Å². The molecule has 2 saturated carbocycles. The highest BCUT2D eigenvalue weighted by Gasteiger charge is 2.36. The van der Waals surface area contributed by atoms with E-state index in [9.17, 15) is 14.7 Å². The van der Waals surface area contributed by atoms with Crippen molar-refractivity contribution in [1.29, 1.82) is 0 Å². The van der Waals surface area contributed by atoms with Gasteiger partial charge in [0.05, 0.1) is 12.8 Å². The first-order chi connectivity index (χ1) is 23.2. The molecule has 3 aliphatic rings. The number of rotatable bonds is 10. The lowest BCUT2D eigenvalue weighted by atomic mass is 9.79. The van der Waals surface area contributed by atoms with Gasteiger partial charge in [-0.1, -0.05) is 13.8 Å². The van der Waals surface area contributed by atoms with Crippen LogP contribution in [0.2, 0.25) is 0 Å². The van der Waals surface area contributed by atoms with Gasteiger partial charge in [0.15, 0.2) is 5.89 Å². The van der Waals surface area contributed by atoms with Crippen molar-refractivity contribution in [3.8, 4) is 17.0 Å². The number of nitrogens with zero attached hydrogens (tertiary/aromatic N) is 5. The van der Waals surface area contributed by atoms with Gasteiger partial charge in [-0.15, -0.1) is 0 Å². The predicted octanol–water partition coefficient (Wildman–Crippen LogP) is 6.50. The van der Waals surface area contributed by atoms with Crippen LogP contribution < -0.4 is 9.64 Å². The topological polar surface area (TPSA) is 131 Å². The predicted molar refractivity (Wildman–Crippen MR) is 181 cm³/mol. The maximum atomic E-state index is 14.3. The molecule has 0 spiro atoms. The average Bonchev–Trinajstić information content (AvgIpc) is 3.58. The fourth-order valence-corrected chi connectivity index (χ4v) is 7.32. The molecular weight excluding hydrogens is 610 g/mol. The van der Waals surface area contributed by atoms with Crippen molar-refractivity contribution in [2.24, 2.45) is 17.8 Å². The van der Waals surface area contributed by atoms with E-state index < -0.39 is 0 Å². The number of ether oxygens (including phenoxy) is 2. The molecule has 0 unspecified atom stereocenters. The Hall–Kier alpha value is -3.99. The van der Waals surface area contributed by atoms with Crippen molar-refractivity contribution >= 4 is 17.8 Å². The Morgan fingerprint density at radius 3 is 2.42 bits per heavy atom. The number of aromatic nitrogens is 3. The van der Waals surface area contributed by atoms with Gasteiger partial charge < -0.3 is 23.9 Å². The van der Waals surface area contributed by atoms with E-state index in [2.05, 4.69) is 11.1 Å². The van der Waals surface area contributed by atoms with Crippen LogP contribution in [0.15, 0.2) is 41.1 Å². The van der Waals surface area contributed by atoms with Crippen LogP contribution in [0.25, 0.3) is 11.3 Å². The molecular formula is C37H49N5O6. The van der Waals surface area contributed by atoms with E-state index in [1.807, 2.05) is 43.9 Å². The summed E-state index contributed by atoms with van der Waals surface area (Å²) in [6.45, 7) is 7.83. The first kappa shape index (κ1) is 33.9. The van der Waals surface area contributed by atoms with Crippen molar-refractivity contribution < 1.29 is 28.6 Å². The number of aliphatic hydroxyl groups is 1. The van der Waals surface area contributed by atoms with E-state index in [1.54, 1.807) is 24.5 Å². The van der Waals surface area contributed by atoms with Crippen LogP contribution >= 0.6 is 0 Å². The first-order valence-corrected chi connectivity index (χ1v) is 17.5. The third-order valence-electron chi connectivity index (χ3n) is 10.3. The molecule has 2 amide bonds. The summed E-state index contributed by atoms with van der Waals surface area (Å²) in [6, 6.07) is 7.95. The van der Waals surface area contributed by atoms with E-state index in [4.69, 9.17) is 23.9 Å². The van der Waals surface area contributed by atoms with Gasteiger partial charge in [0.2, 0.25) is 5.91 Å². The van der Waals surface area contributed by atoms with E-state index in [0.717, 1.165) is 54.1 Å². The Morgan fingerprint density at radius 2 is 1.77 bits per heavy atom. The van der Waals surface area contributed by atoms with Crippen LogP contribution in [0.1, 0.15) is 94.3 Å². The zero-order chi connectivity index (χ0) is 33.8. The number of carbonyl (C=O) groups excluding carboxylic acids is 2. The van der Waals surface area contributed by atoms with Crippen molar-refractivity contribution in [3.05, 3.63) is 54.0 Å². The minimum atomic E-state index is -0.318. The molecule has 3 aromatic heterocycles. The Labute approximate surface area is 283 Å². The number of anilines is 1. The van der Waals surface area contributed by atoms with Gasteiger partial charge in [-0.05, 0) is 88.5 Å². The van der Waals surface area contributed by atoms with Crippen molar-refractivity contribution in [3.63, 3.8) is 0 Å². The quantitative estimate of drug-likeness (QED) is 0.259. The van der Waals surface area contributed by atoms with Crippen LogP contribution in [-0.4, -0.2) is 76.4 Å². The van der Waals surface area contributed by atoms with Gasteiger partial charge in [0.25, 0.3) is 0 Å². The fraction of sp³-hybridized carbons (Fsp3) is 0.595. The highest BCUT2D eigenvalue weighted by atomic mass is 16.6. The molecule has 1 N–H and O–H groups in total. The first-order valence-electron chi connectivity index (χ1n) is 17.5. The summed E-state index contributed by atoms with van der Waals surface area (Å²) in [6.07, 6.45) is 9.54. The Balaban J connectivity index is 1.14. The van der Waals surface area contributed by atoms with Crippen molar-refractivity contribution in [2.75, 3.05) is 38.3 Å². The minimum Gasteiger partial charge on any atom is -0.495 e. The number of oxazole rings is 1. The third-order valence-corrected chi connectivity index (χ3v) is 10.3. The molecule has 2 aliphatic carbocycles. The number of carbonyl (C=O) groups is 2. The molecule has 6 rings (SSSR count). The average molecular weight is 660 g/mol. The van der Waals surface area contributed by atoms with Crippen LogP contribution in [0, 0.1) is 24.7 Å². The van der Waals surface area contributed by atoms with Gasteiger partial charge in [0.1, 0.15) is 29.6 Å². The van der Waals surface area contributed by atoms with E-state index in [-0.39, 0.29) is 42.5 Å². The minimum absolute atomic E-state index is 0.0792. The number of aryl methyl sites for hydroxylation is 1. The van der Waals surface area contributed by atoms with Crippen molar-refractivity contribution in [2.45, 2.75) is 90.1 Å². The summed E-state index contributed by atoms with van der Waals surface area (Å²) in [5.74, 6) is 3.06. The van der Waals surface area contributed by atoms with Gasteiger partial charge in [-0.2, -0.15) is 0 Å². The molecule has 3 fully saturated rings. The van der Waals surface area contributed by atoms with Crippen LogP contribution in [-0.2, 0) is 9.53 Å². The standard InChI is InChI=1S/C37H49N5O6/c1-23(2)35-40-32(22-47-35)29-15-16-38-34(17-29)42(20-25-5-7-27(8-6-25)31-13-14-33(46-4)24(3)39-31)36(44)28-9-11-30(12-10-28)48-37(45)41-18-26(19-41)21-43/h13-17,22-23,25-28,30,43H,5-12,18-21H2,1-4H3/t25-,27-,28-,30-. The largest absolute Gasteiger partial charge is 0.495 e. The second kappa shape index (κ2) is 15.1. The number of likely N-dealkylation sites (tertiary alicyclic amines) is 1. The second-order valence-corrected chi connectivity index (χ2v) is 14.1. The molecule has 0 bridgehead atoms.